The summed E-state index contributed by atoms with van der Waals surface area (Å²) in [6, 6.07) is 16.7. The number of nitrogens with one attached hydrogen (secondary N) is 1. The second kappa shape index (κ2) is 9.43. The summed E-state index contributed by atoms with van der Waals surface area (Å²) in [5.74, 6) is -0.147. The molecule has 0 saturated carbocycles. The van der Waals surface area contributed by atoms with Crippen molar-refractivity contribution in [3.8, 4) is 5.75 Å². The van der Waals surface area contributed by atoms with Crippen LogP contribution in [-0.4, -0.2) is 22.1 Å². The molecule has 6 nitrogen and oxygen atoms in total. The molecule has 4 rings (SSSR count). The van der Waals surface area contributed by atoms with Gasteiger partial charge in [0.15, 0.2) is 6.61 Å². The molecule has 162 valence electrons. The number of hydrogen-bond donors (Lipinski definition) is 1. The molecule has 32 heavy (non-hydrogen) atoms. The summed E-state index contributed by atoms with van der Waals surface area (Å²) in [4.78, 5) is 28.8. The number of pyridine rings is 2. The Morgan fingerprint density at radius 3 is 2.66 bits per heavy atom. The van der Waals surface area contributed by atoms with Crippen LogP contribution < -0.4 is 15.6 Å². The van der Waals surface area contributed by atoms with Crippen molar-refractivity contribution in [2.45, 2.75) is 20.0 Å². The fourth-order valence-corrected chi connectivity index (χ4v) is 3.50. The van der Waals surface area contributed by atoms with E-state index in [4.69, 9.17) is 4.74 Å². The number of carbonyl (C=O) groups is 1. The lowest BCUT2D eigenvalue weighted by Crippen LogP contribution is -2.28. The fraction of sp³-hybridized carbons (Fsp3) is 0.160. The monoisotopic (exact) mass is 431 g/mol. The second-order valence-corrected chi connectivity index (χ2v) is 7.48. The van der Waals surface area contributed by atoms with Crippen molar-refractivity contribution in [2.75, 3.05) is 6.61 Å². The SMILES string of the molecule is Cc1cc(=O)n(Cc2cccc(F)c2)c2cc(OCC(=O)NCc3ccncc3)ccc12. The molecule has 0 saturated heterocycles. The van der Waals surface area contributed by atoms with Gasteiger partial charge in [0.05, 0.1) is 12.1 Å². The molecule has 7 heteroatoms. The maximum atomic E-state index is 13.6. The minimum Gasteiger partial charge on any atom is -0.484 e. The van der Waals surface area contributed by atoms with Crippen LogP contribution in [0.3, 0.4) is 0 Å². The number of amides is 1. The highest BCUT2D eigenvalue weighted by Gasteiger charge is 2.10. The minimum atomic E-state index is -0.353. The molecule has 2 aromatic carbocycles. The molecule has 1 amide bonds. The van der Waals surface area contributed by atoms with Crippen molar-refractivity contribution in [3.63, 3.8) is 0 Å². The maximum Gasteiger partial charge on any atom is 0.258 e. The molecule has 2 aromatic heterocycles. The predicted molar refractivity (Wildman–Crippen MR) is 120 cm³/mol. The molecule has 0 unspecified atom stereocenters. The van der Waals surface area contributed by atoms with Gasteiger partial charge in [0.25, 0.3) is 11.5 Å². The maximum absolute atomic E-state index is 13.6. The highest BCUT2D eigenvalue weighted by Crippen LogP contribution is 2.23. The van der Waals surface area contributed by atoms with Crippen LogP contribution in [0, 0.1) is 12.7 Å². The summed E-state index contributed by atoms with van der Waals surface area (Å²) in [5.41, 5.74) is 2.93. The van der Waals surface area contributed by atoms with Crippen LogP contribution in [0.5, 0.6) is 5.75 Å². The van der Waals surface area contributed by atoms with E-state index in [1.165, 1.54) is 12.1 Å². The molecule has 0 radical (unpaired) electrons. The number of hydrogen-bond acceptors (Lipinski definition) is 4. The van der Waals surface area contributed by atoms with Crippen molar-refractivity contribution < 1.29 is 13.9 Å². The van der Waals surface area contributed by atoms with Gasteiger partial charge < -0.3 is 14.6 Å². The van der Waals surface area contributed by atoms with E-state index in [0.717, 1.165) is 16.5 Å². The molecule has 4 aromatic rings. The average molecular weight is 431 g/mol. The van der Waals surface area contributed by atoms with Crippen LogP contribution in [0.15, 0.2) is 77.9 Å². The molecule has 0 fully saturated rings. The molecule has 0 aliphatic rings. The number of benzene rings is 2. The first-order valence-corrected chi connectivity index (χ1v) is 10.2. The number of rotatable bonds is 7. The highest BCUT2D eigenvalue weighted by molar-refractivity contribution is 5.84. The smallest absolute Gasteiger partial charge is 0.258 e. The van der Waals surface area contributed by atoms with E-state index in [1.54, 1.807) is 47.3 Å². The van der Waals surface area contributed by atoms with E-state index in [-0.39, 0.29) is 30.4 Å². The number of carbonyl (C=O) groups excluding carboxylic acids is 1. The van der Waals surface area contributed by atoms with Gasteiger partial charge in [-0.25, -0.2) is 4.39 Å². The third kappa shape index (κ3) is 5.00. The van der Waals surface area contributed by atoms with Gasteiger partial charge in [-0.3, -0.25) is 14.6 Å². The van der Waals surface area contributed by atoms with Crippen molar-refractivity contribution in [2.24, 2.45) is 0 Å². The lowest BCUT2D eigenvalue weighted by Gasteiger charge is -2.14. The molecular formula is C25H22FN3O3. The Kier molecular flexibility index (Phi) is 6.26. The van der Waals surface area contributed by atoms with E-state index in [2.05, 4.69) is 10.3 Å². The topological polar surface area (TPSA) is 73.2 Å². The van der Waals surface area contributed by atoms with Gasteiger partial charge in [-0.1, -0.05) is 12.1 Å². The van der Waals surface area contributed by atoms with Crippen molar-refractivity contribution in [1.29, 1.82) is 0 Å². The first kappa shape index (κ1) is 21.2. The first-order chi connectivity index (χ1) is 15.5. The van der Waals surface area contributed by atoms with Crippen LogP contribution in [0.4, 0.5) is 4.39 Å². The van der Waals surface area contributed by atoms with E-state index in [1.807, 2.05) is 25.1 Å². The number of nitrogens with zero attached hydrogens (tertiary/aromatic N) is 2. The fourth-order valence-electron chi connectivity index (χ4n) is 3.50. The van der Waals surface area contributed by atoms with Crippen molar-refractivity contribution in [3.05, 3.63) is 106 Å². The zero-order chi connectivity index (χ0) is 22.5. The molecule has 2 heterocycles. The van der Waals surface area contributed by atoms with Gasteiger partial charge in [-0.2, -0.15) is 0 Å². The Morgan fingerprint density at radius 2 is 1.88 bits per heavy atom. The second-order valence-electron chi connectivity index (χ2n) is 7.48. The molecule has 0 bridgehead atoms. The number of ether oxygens (including phenoxy) is 1. The standard InChI is InChI=1S/C25H22FN3O3/c1-17-11-25(31)29(15-19-3-2-4-20(26)12-19)23-13-21(5-6-22(17)23)32-16-24(30)28-14-18-7-9-27-10-8-18/h2-13H,14-16H2,1H3,(H,28,30). The minimum absolute atomic E-state index is 0.156. The van der Waals surface area contributed by atoms with E-state index >= 15 is 0 Å². The van der Waals surface area contributed by atoms with Crippen LogP contribution in [0.1, 0.15) is 16.7 Å². The summed E-state index contributed by atoms with van der Waals surface area (Å²) < 4.78 is 20.9. The van der Waals surface area contributed by atoms with Gasteiger partial charge in [-0.05, 0) is 60.0 Å². The number of fused-ring (bicyclic) bond motifs is 1. The lowest BCUT2D eigenvalue weighted by molar-refractivity contribution is -0.123. The van der Waals surface area contributed by atoms with Gasteiger partial charge in [0.2, 0.25) is 0 Å². The molecule has 0 spiro atoms. The Bertz CT molecular complexity index is 1320. The van der Waals surface area contributed by atoms with E-state index in [9.17, 15) is 14.0 Å². The zero-order valence-electron chi connectivity index (χ0n) is 17.5. The average Bonchev–Trinajstić information content (AvgIpc) is 2.79. The van der Waals surface area contributed by atoms with Gasteiger partial charge in [0, 0.05) is 36.5 Å². The summed E-state index contributed by atoms with van der Waals surface area (Å²) in [6.07, 6.45) is 3.33. The summed E-state index contributed by atoms with van der Waals surface area (Å²) >= 11 is 0. The number of aryl methyl sites for hydroxylation is 1. The Labute approximate surface area is 184 Å². The van der Waals surface area contributed by atoms with Gasteiger partial charge >= 0.3 is 0 Å². The van der Waals surface area contributed by atoms with E-state index < -0.39 is 0 Å². The molecule has 0 aliphatic heterocycles. The molecule has 0 atom stereocenters. The molecule has 0 aliphatic carbocycles. The summed E-state index contributed by atoms with van der Waals surface area (Å²) in [5, 5.41) is 3.68. The third-order valence-corrected chi connectivity index (χ3v) is 5.13. The van der Waals surface area contributed by atoms with Crippen LogP contribution in [-0.2, 0) is 17.9 Å². The Morgan fingerprint density at radius 1 is 1.06 bits per heavy atom. The Balaban J connectivity index is 1.53. The Hall–Kier alpha value is -4.00. The van der Waals surface area contributed by atoms with Crippen molar-refractivity contribution in [1.82, 2.24) is 14.9 Å². The molecule has 1 N–H and O–H groups in total. The summed E-state index contributed by atoms with van der Waals surface area (Å²) in [7, 11) is 0. The van der Waals surface area contributed by atoms with Gasteiger partial charge in [0.1, 0.15) is 11.6 Å². The summed E-state index contributed by atoms with van der Waals surface area (Å²) in [6.45, 7) is 2.32. The predicted octanol–water partition coefficient (Wildman–Crippen LogP) is 3.59. The van der Waals surface area contributed by atoms with Crippen LogP contribution >= 0.6 is 0 Å². The quantitative estimate of drug-likeness (QED) is 0.485. The third-order valence-electron chi connectivity index (χ3n) is 5.13. The number of aromatic nitrogens is 2. The molecular weight excluding hydrogens is 409 g/mol. The largest absolute Gasteiger partial charge is 0.484 e. The first-order valence-electron chi connectivity index (χ1n) is 10.2. The number of halogens is 1. The zero-order valence-corrected chi connectivity index (χ0v) is 17.5. The van der Waals surface area contributed by atoms with E-state index in [0.29, 0.717) is 23.4 Å². The van der Waals surface area contributed by atoms with Crippen molar-refractivity contribution >= 4 is 16.8 Å². The van der Waals surface area contributed by atoms with Gasteiger partial charge in [-0.15, -0.1) is 0 Å². The highest BCUT2D eigenvalue weighted by atomic mass is 19.1. The van der Waals surface area contributed by atoms with Crippen LogP contribution in [0.2, 0.25) is 0 Å². The lowest BCUT2D eigenvalue weighted by atomic mass is 10.1. The normalized spacial score (nSPS) is 10.8. The van der Waals surface area contributed by atoms with Crippen LogP contribution in [0.25, 0.3) is 10.9 Å².